The average Bonchev–Trinajstić information content (AvgIpc) is 3.30. The van der Waals surface area contributed by atoms with Gasteiger partial charge in [-0.2, -0.15) is 5.26 Å². The van der Waals surface area contributed by atoms with Crippen molar-refractivity contribution in [3.05, 3.63) is 12.7 Å². The van der Waals surface area contributed by atoms with Crippen molar-refractivity contribution in [3.63, 3.8) is 0 Å². The lowest BCUT2D eigenvalue weighted by Crippen LogP contribution is -2.63. The molecule has 2 bridgehead atoms. The van der Waals surface area contributed by atoms with Gasteiger partial charge in [0.2, 0.25) is 0 Å². The number of allylic oxidation sites excluding steroid dienone is 1. The fourth-order valence-electron chi connectivity index (χ4n) is 9.13. The predicted molar refractivity (Wildman–Crippen MR) is 130 cm³/mol. The monoisotopic (exact) mass is 459 g/mol. The zero-order chi connectivity index (χ0) is 23.7. The van der Waals surface area contributed by atoms with Crippen molar-refractivity contribution in [1.29, 1.82) is 5.26 Å². The molecule has 0 aromatic rings. The predicted octanol–water partition coefficient (Wildman–Crippen LogP) is 6.83. The van der Waals surface area contributed by atoms with E-state index in [1.165, 1.54) is 0 Å². The zero-order valence-corrected chi connectivity index (χ0v) is 22.6. The number of fused-ring (bicyclic) bond motifs is 3. The molecule has 0 aromatic carbocycles. The van der Waals surface area contributed by atoms with E-state index in [0.717, 1.165) is 32.3 Å². The van der Waals surface area contributed by atoms with Crippen LogP contribution in [0.4, 0.5) is 0 Å². The van der Waals surface area contributed by atoms with Crippen LogP contribution in [0.5, 0.6) is 0 Å². The quantitative estimate of drug-likeness (QED) is 0.309. The van der Waals surface area contributed by atoms with Crippen molar-refractivity contribution in [2.45, 2.75) is 116 Å². The summed E-state index contributed by atoms with van der Waals surface area (Å²) in [5.41, 5.74) is 1.54. The van der Waals surface area contributed by atoms with Crippen LogP contribution in [-0.4, -0.2) is 32.9 Å². The second kappa shape index (κ2) is 7.94. The number of hydrogen-bond acceptors (Lipinski definition) is 4. The summed E-state index contributed by atoms with van der Waals surface area (Å²) in [4.78, 5) is 0. The Labute approximate surface area is 197 Å². The molecule has 5 heteroatoms. The Morgan fingerprint density at radius 1 is 1.06 bits per heavy atom. The number of nitrogens with zero attached hydrogens (tertiary/aromatic N) is 1. The van der Waals surface area contributed by atoms with Gasteiger partial charge < -0.3 is 13.9 Å². The average molecular weight is 460 g/mol. The Balaban J connectivity index is 1.77. The van der Waals surface area contributed by atoms with E-state index in [1.54, 1.807) is 0 Å². The van der Waals surface area contributed by atoms with Gasteiger partial charge in [-0.25, -0.2) is 0 Å². The Kier molecular flexibility index (Phi) is 6.06. The maximum Gasteiger partial charge on any atom is 0.200 e. The van der Waals surface area contributed by atoms with Crippen LogP contribution in [0.25, 0.3) is 0 Å². The molecular formula is C27H45NO3Si. The molecule has 0 N–H and O–H groups in total. The highest BCUT2D eigenvalue weighted by molar-refractivity contribution is 6.77. The van der Waals surface area contributed by atoms with Crippen molar-refractivity contribution >= 4 is 8.32 Å². The molecule has 1 aliphatic heterocycles. The number of hydrogen-bond donors (Lipinski definition) is 0. The molecule has 1 saturated heterocycles. The highest BCUT2D eigenvalue weighted by atomic mass is 28.4. The van der Waals surface area contributed by atoms with Gasteiger partial charge in [0.25, 0.3) is 0 Å². The summed E-state index contributed by atoms with van der Waals surface area (Å²) in [6, 6.07) is 2.58. The first-order chi connectivity index (χ1) is 14.9. The van der Waals surface area contributed by atoms with Gasteiger partial charge in [-0.05, 0) is 68.0 Å². The minimum atomic E-state index is -2.00. The number of rotatable bonds is 7. The molecule has 3 aliphatic carbocycles. The molecule has 3 saturated carbocycles. The standard InChI is InChI=1S/C27H45NO3Si/c1-10-21-22-12-13-26(21,16-29-32(17(2)3,18(4)5)19(6)7)24-27(22)14-11-20(15-28)23(27)30-25(8,9)31-24/h10,17-24H,1,11-14,16H2,2-9H3/t20-,21-,22+,23-,24-,26+,27?/m0/s1. The summed E-state index contributed by atoms with van der Waals surface area (Å²) in [7, 11) is -2.00. The summed E-state index contributed by atoms with van der Waals surface area (Å²) in [5, 5.41) is 9.93. The Bertz CT molecular complexity index is 764. The summed E-state index contributed by atoms with van der Waals surface area (Å²) in [6.45, 7) is 23.3. The minimum Gasteiger partial charge on any atom is -0.415 e. The maximum absolute atomic E-state index is 9.93. The number of nitriles is 1. The Hall–Kier alpha value is -0.673. The fraction of sp³-hybridized carbons (Fsp3) is 0.889. The topological polar surface area (TPSA) is 51.5 Å². The lowest BCUT2D eigenvalue weighted by atomic mass is 9.63. The lowest BCUT2D eigenvalue weighted by Gasteiger charge is -2.56. The third-order valence-corrected chi connectivity index (χ3v) is 16.1. The van der Waals surface area contributed by atoms with E-state index in [2.05, 4.69) is 60.3 Å². The summed E-state index contributed by atoms with van der Waals surface area (Å²) in [5.74, 6) is 0.118. The van der Waals surface area contributed by atoms with E-state index in [0.29, 0.717) is 28.5 Å². The van der Waals surface area contributed by atoms with E-state index < -0.39 is 14.1 Å². The van der Waals surface area contributed by atoms with E-state index in [9.17, 15) is 5.26 Å². The summed E-state index contributed by atoms with van der Waals surface area (Å²) < 4.78 is 20.7. The molecule has 32 heavy (non-hydrogen) atoms. The molecule has 180 valence electrons. The van der Waals surface area contributed by atoms with Gasteiger partial charge in [-0.15, -0.1) is 6.58 Å². The van der Waals surface area contributed by atoms with Crippen LogP contribution in [0.15, 0.2) is 12.7 Å². The van der Waals surface area contributed by atoms with Crippen LogP contribution >= 0.6 is 0 Å². The van der Waals surface area contributed by atoms with E-state index >= 15 is 0 Å². The van der Waals surface area contributed by atoms with Crippen LogP contribution in [0, 0.1) is 39.9 Å². The van der Waals surface area contributed by atoms with Crippen molar-refractivity contribution in [2.75, 3.05) is 6.61 Å². The third-order valence-electron chi connectivity index (χ3n) is 10.0. The molecule has 1 spiro atoms. The molecular weight excluding hydrogens is 414 g/mol. The molecule has 7 atom stereocenters. The number of ether oxygens (including phenoxy) is 2. The largest absolute Gasteiger partial charge is 0.415 e. The first-order valence-corrected chi connectivity index (χ1v) is 15.1. The molecule has 1 heterocycles. The van der Waals surface area contributed by atoms with Gasteiger partial charge in [0.05, 0.1) is 24.2 Å². The van der Waals surface area contributed by atoms with E-state index in [4.69, 9.17) is 13.9 Å². The minimum absolute atomic E-state index is 0.0427. The molecule has 4 aliphatic rings. The van der Waals surface area contributed by atoms with Crippen molar-refractivity contribution in [3.8, 4) is 6.07 Å². The second-order valence-corrected chi connectivity index (χ2v) is 18.0. The zero-order valence-electron chi connectivity index (χ0n) is 21.6. The van der Waals surface area contributed by atoms with Crippen LogP contribution < -0.4 is 0 Å². The second-order valence-electron chi connectivity index (χ2n) is 12.6. The van der Waals surface area contributed by atoms with Crippen LogP contribution in [0.2, 0.25) is 16.6 Å². The lowest BCUT2D eigenvalue weighted by molar-refractivity contribution is -0.363. The molecule has 4 nitrogen and oxygen atoms in total. The molecule has 0 radical (unpaired) electrons. The van der Waals surface area contributed by atoms with E-state index in [1.807, 2.05) is 13.8 Å². The SMILES string of the molecule is C=C[C@H]1[C@H]2CC[C@]1(CO[Si](C(C)C)(C(C)C)C(C)C)[C@@H]1OC(C)(C)O[C@H]3[C@H](C#N)CCC213. The smallest absolute Gasteiger partial charge is 0.200 e. The van der Waals surface area contributed by atoms with Crippen molar-refractivity contribution in [1.82, 2.24) is 0 Å². The fourth-order valence-corrected chi connectivity index (χ4v) is 14.6. The Morgan fingerprint density at radius 3 is 2.22 bits per heavy atom. The summed E-state index contributed by atoms with van der Waals surface area (Å²) in [6.07, 6.45) is 6.45. The first-order valence-electron chi connectivity index (χ1n) is 12.9. The van der Waals surface area contributed by atoms with Gasteiger partial charge >= 0.3 is 0 Å². The summed E-state index contributed by atoms with van der Waals surface area (Å²) >= 11 is 0. The molecule has 0 aromatic heterocycles. The third kappa shape index (κ3) is 3.02. The first kappa shape index (κ1) is 24.5. The Morgan fingerprint density at radius 2 is 1.69 bits per heavy atom. The highest BCUT2D eigenvalue weighted by Crippen LogP contribution is 2.75. The maximum atomic E-state index is 9.93. The highest BCUT2D eigenvalue weighted by Gasteiger charge is 2.77. The molecule has 1 unspecified atom stereocenters. The molecule has 4 rings (SSSR count). The van der Waals surface area contributed by atoms with Gasteiger partial charge in [0.15, 0.2) is 14.1 Å². The van der Waals surface area contributed by atoms with Gasteiger partial charge in [-0.3, -0.25) is 0 Å². The molecule has 0 amide bonds. The van der Waals surface area contributed by atoms with E-state index in [-0.39, 0.29) is 29.0 Å². The van der Waals surface area contributed by atoms with Gasteiger partial charge in [0, 0.05) is 17.4 Å². The van der Waals surface area contributed by atoms with Crippen molar-refractivity contribution < 1.29 is 13.9 Å². The van der Waals surface area contributed by atoms with Crippen LogP contribution in [0.1, 0.15) is 81.1 Å². The molecule has 4 fully saturated rings. The van der Waals surface area contributed by atoms with Gasteiger partial charge in [0.1, 0.15) is 0 Å². The van der Waals surface area contributed by atoms with Crippen molar-refractivity contribution in [2.24, 2.45) is 28.6 Å². The van der Waals surface area contributed by atoms with Crippen LogP contribution in [0.3, 0.4) is 0 Å². The normalized spacial score (nSPS) is 42.4. The van der Waals surface area contributed by atoms with Crippen LogP contribution in [-0.2, 0) is 13.9 Å². The van der Waals surface area contributed by atoms with Gasteiger partial charge in [-0.1, -0.05) is 47.6 Å².